The lowest BCUT2D eigenvalue weighted by Crippen LogP contribution is -2.12. The topological polar surface area (TPSA) is 72.2 Å². The Morgan fingerprint density at radius 1 is 1.16 bits per heavy atom. The maximum absolute atomic E-state index is 11.9. The van der Waals surface area contributed by atoms with Crippen molar-refractivity contribution >= 4 is 33.2 Å². The van der Waals surface area contributed by atoms with Crippen LogP contribution in [-0.2, 0) is 0 Å². The molecule has 2 rings (SSSR count). The van der Waals surface area contributed by atoms with Crippen LogP contribution in [0.15, 0.2) is 53.0 Å². The van der Waals surface area contributed by atoms with Gasteiger partial charge in [-0.05, 0) is 34.1 Å². The van der Waals surface area contributed by atoms with Gasteiger partial charge < -0.3 is 5.32 Å². The molecule has 5 nitrogen and oxygen atoms in total. The maximum atomic E-state index is 11.9. The Balaban J connectivity index is 2.20. The van der Waals surface area contributed by atoms with Crippen LogP contribution in [0.1, 0.15) is 10.4 Å². The van der Waals surface area contributed by atoms with E-state index in [4.69, 9.17) is 0 Å². The molecule has 19 heavy (non-hydrogen) atoms. The molecule has 2 aromatic carbocycles. The largest absolute Gasteiger partial charge is 0.321 e. The molecule has 0 heterocycles. The van der Waals surface area contributed by atoms with E-state index in [0.717, 1.165) is 0 Å². The predicted molar refractivity (Wildman–Crippen MR) is 75.2 cm³/mol. The predicted octanol–water partition coefficient (Wildman–Crippen LogP) is 3.61. The van der Waals surface area contributed by atoms with Crippen molar-refractivity contribution < 1.29 is 9.72 Å². The Labute approximate surface area is 117 Å². The van der Waals surface area contributed by atoms with Crippen molar-refractivity contribution in [2.75, 3.05) is 5.32 Å². The molecule has 0 aromatic heterocycles. The number of amides is 1. The summed E-state index contributed by atoms with van der Waals surface area (Å²) in [6.07, 6.45) is 0. The number of nitro groups is 1. The van der Waals surface area contributed by atoms with Crippen LogP contribution in [0, 0.1) is 10.1 Å². The van der Waals surface area contributed by atoms with Gasteiger partial charge in [0.15, 0.2) is 0 Å². The van der Waals surface area contributed by atoms with Gasteiger partial charge in [0.1, 0.15) is 0 Å². The highest BCUT2D eigenvalue weighted by Gasteiger charge is 2.11. The normalized spacial score (nSPS) is 9.95. The van der Waals surface area contributed by atoms with Gasteiger partial charge in [-0.2, -0.15) is 0 Å². The fraction of sp³-hybridized carbons (Fsp3) is 0. The van der Waals surface area contributed by atoms with Gasteiger partial charge in [-0.1, -0.05) is 18.2 Å². The number of hydrogen-bond acceptors (Lipinski definition) is 3. The average molecular weight is 321 g/mol. The molecule has 0 unspecified atom stereocenters. The fourth-order valence-corrected chi connectivity index (χ4v) is 1.97. The van der Waals surface area contributed by atoms with E-state index in [-0.39, 0.29) is 11.6 Å². The molecule has 0 radical (unpaired) electrons. The van der Waals surface area contributed by atoms with Gasteiger partial charge in [0, 0.05) is 22.2 Å². The van der Waals surface area contributed by atoms with Crippen molar-refractivity contribution in [2.24, 2.45) is 0 Å². The van der Waals surface area contributed by atoms with Crippen LogP contribution in [0.3, 0.4) is 0 Å². The zero-order valence-electron chi connectivity index (χ0n) is 9.67. The molecule has 0 bridgehead atoms. The second-order valence-corrected chi connectivity index (χ2v) is 4.60. The van der Waals surface area contributed by atoms with E-state index < -0.39 is 4.92 Å². The van der Waals surface area contributed by atoms with Gasteiger partial charge in [0.25, 0.3) is 11.6 Å². The molecule has 96 valence electrons. The zero-order valence-corrected chi connectivity index (χ0v) is 11.3. The number of non-ortho nitro benzene ring substituents is 1. The molecule has 6 heteroatoms. The van der Waals surface area contributed by atoms with E-state index in [1.165, 1.54) is 18.2 Å². The van der Waals surface area contributed by atoms with Crippen molar-refractivity contribution in [3.8, 4) is 0 Å². The van der Waals surface area contributed by atoms with Crippen LogP contribution in [0.25, 0.3) is 0 Å². The number of anilines is 1. The van der Waals surface area contributed by atoms with E-state index in [1.807, 2.05) is 6.07 Å². The lowest BCUT2D eigenvalue weighted by molar-refractivity contribution is -0.384. The van der Waals surface area contributed by atoms with Gasteiger partial charge in [-0.15, -0.1) is 0 Å². The highest BCUT2D eigenvalue weighted by molar-refractivity contribution is 9.10. The van der Waals surface area contributed by atoms with Gasteiger partial charge in [-0.3, -0.25) is 14.9 Å². The van der Waals surface area contributed by atoms with Crippen LogP contribution >= 0.6 is 15.9 Å². The van der Waals surface area contributed by atoms with Crippen LogP contribution in [0.5, 0.6) is 0 Å². The summed E-state index contributed by atoms with van der Waals surface area (Å²) in [7, 11) is 0. The summed E-state index contributed by atoms with van der Waals surface area (Å²) in [5.41, 5.74) is 0.969. The Hall–Kier alpha value is -2.21. The lowest BCUT2D eigenvalue weighted by Gasteiger charge is -2.07. The second kappa shape index (κ2) is 5.62. The third-order valence-electron chi connectivity index (χ3n) is 2.45. The highest BCUT2D eigenvalue weighted by atomic mass is 79.9. The third kappa shape index (κ3) is 3.17. The number of halogens is 1. The quantitative estimate of drug-likeness (QED) is 0.693. The summed E-state index contributed by atoms with van der Waals surface area (Å²) in [6.45, 7) is 0. The van der Waals surface area contributed by atoms with E-state index >= 15 is 0 Å². The first-order valence-corrected chi connectivity index (χ1v) is 6.17. The number of nitrogens with zero attached hydrogens (tertiary/aromatic N) is 1. The molecule has 0 saturated heterocycles. The molecular weight excluding hydrogens is 312 g/mol. The van der Waals surface area contributed by atoms with Crippen molar-refractivity contribution in [3.63, 3.8) is 0 Å². The molecule has 0 spiro atoms. The first-order chi connectivity index (χ1) is 9.08. The summed E-state index contributed by atoms with van der Waals surface area (Å²) in [4.78, 5) is 22.0. The second-order valence-electron chi connectivity index (χ2n) is 3.74. The molecule has 0 aliphatic rings. The van der Waals surface area contributed by atoms with Crippen molar-refractivity contribution in [3.05, 3.63) is 68.7 Å². The van der Waals surface area contributed by atoms with E-state index in [9.17, 15) is 14.9 Å². The number of benzene rings is 2. The van der Waals surface area contributed by atoms with Crippen molar-refractivity contribution in [1.29, 1.82) is 0 Å². The number of rotatable bonds is 3. The highest BCUT2D eigenvalue weighted by Crippen LogP contribution is 2.27. The summed E-state index contributed by atoms with van der Waals surface area (Å²) in [6, 6.07) is 12.9. The fourth-order valence-electron chi connectivity index (χ4n) is 1.50. The smallest absolute Gasteiger partial charge is 0.270 e. The van der Waals surface area contributed by atoms with Crippen LogP contribution < -0.4 is 5.32 Å². The number of carbonyl (C=O) groups is 1. The Morgan fingerprint density at radius 3 is 2.42 bits per heavy atom. The van der Waals surface area contributed by atoms with Gasteiger partial charge in [-0.25, -0.2) is 0 Å². The minimum Gasteiger partial charge on any atom is -0.321 e. The lowest BCUT2D eigenvalue weighted by atomic mass is 10.2. The maximum Gasteiger partial charge on any atom is 0.270 e. The molecule has 0 aliphatic heterocycles. The molecule has 1 N–H and O–H groups in total. The standard InChI is InChI=1S/C13H9BrN2O3/c14-11-8-10(16(18)19)6-7-12(11)15-13(17)9-4-2-1-3-5-9/h1-8H,(H,15,17). The summed E-state index contributed by atoms with van der Waals surface area (Å²) < 4.78 is 0.464. The molecule has 2 aromatic rings. The summed E-state index contributed by atoms with van der Waals surface area (Å²) >= 11 is 3.20. The Bertz CT molecular complexity index is 629. The van der Waals surface area contributed by atoms with Gasteiger partial charge >= 0.3 is 0 Å². The number of nitro benzene ring substituents is 1. The minimum absolute atomic E-state index is 0.0374. The first kappa shape index (κ1) is 13.2. The van der Waals surface area contributed by atoms with Crippen molar-refractivity contribution in [2.45, 2.75) is 0 Å². The zero-order chi connectivity index (χ0) is 13.8. The first-order valence-electron chi connectivity index (χ1n) is 5.38. The number of hydrogen-bond donors (Lipinski definition) is 1. The third-order valence-corrected chi connectivity index (χ3v) is 3.10. The molecule has 1 amide bonds. The molecule has 0 aliphatic carbocycles. The van der Waals surface area contributed by atoms with E-state index in [1.54, 1.807) is 24.3 Å². The Kier molecular flexibility index (Phi) is 3.91. The van der Waals surface area contributed by atoms with Gasteiger partial charge in [0.05, 0.1) is 10.6 Å². The number of carbonyl (C=O) groups excluding carboxylic acids is 1. The van der Waals surface area contributed by atoms with Crippen LogP contribution in [-0.4, -0.2) is 10.8 Å². The van der Waals surface area contributed by atoms with Crippen molar-refractivity contribution in [1.82, 2.24) is 0 Å². The molecule has 0 fully saturated rings. The number of nitrogens with one attached hydrogen (secondary N) is 1. The molecular formula is C13H9BrN2O3. The average Bonchev–Trinajstić information content (AvgIpc) is 2.41. The summed E-state index contributed by atoms with van der Waals surface area (Å²) in [5.74, 6) is -0.268. The SMILES string of the molecule is O=C(Nc1ccc([N+](=O)[O-])cc1Br)c1ccccc1. The van der Waals surface area contributed by atoms with Crippen LogP contribution in [0.2, 0.25) is 0 Å². The molecule has 0 atom stereocenters. The van der Waals surface area contributed by atoms with Crippen LogP contribution in [0.4, 0.5) is 11.4 Å². The summed E-state index contributed by atoms with van der Waals surface area (Å²) in [5, 5.41) is 13.3. The van der Waals surface area contributed by atoms with Gasteiger partial charge in [0.2, 0.25) is 0 Å². The minimum atomic E-state index is -0.493. The molecule has 0 saturated carbocycles. The Morgan fingerprint density at radius 2 is 1.84 bits per heavy atom. The van der Waals surface area contributed by atoms with E-state index in [0.29, 0.717) is 15.7 Å². The monoisotopic (exact) mass is 320 g/mol. The van der Waals surface area contributed by atoms with E-state index in [2.05, 4.69) is 21.2 Å².